The highest BCUT2D eigenvalue weighted by Crippen LogP contribution is 2.17. The van der Waals surface area contributed by atoms with Gasteiger partial charge in [-0.2, -0.15) is 0 Å². The van der Waals surface area contributed by atoms with Crippen LogP contribution in [0.4, 0.5) is 11.6 Å². The number of imidazole rings is 1. The van der Waals surface area contributed by atoms with Crippen LogP contribution in [0.3, 0.4) is 0 Å². The predicted octanol–water partition coefficient (Wildman–Crippen LogP) is 0.539. The molecule has 6 nitrogen and oxygen atoms in total. The Labute approximate surface area is 90.9 Å². The van der Waals surface area contributed by atoms with Gasteiger partial charge in [0.15, 0.2) is 11.0 Å². The zero-order chi connectivity index (χ0) is 10.8. The second-order valence-corrected chi connectivity index (χ2v) is 3.32. The van der Waals surface area contributed by atoms with Crippen molar-refractivity contribution in [2.75, 3.05) is 11.5 Å². The van der Waals surface area contributed by atoms with Crippen LogP contribution in [0, 0.1) is 0 Å². The molecule has 0 amide bonds. The Hall–Kier alpha value is -1.82. The van der Waals surface area contributed by atoms with Crippen LogP contribution in [0.2, 0.25) is 5.15 Å². The van der Waals surface area contributed by atoms with Gasteiger partial charge in [-0.15, -0.1) is 0 Å². The molecule has 0 aliphatic heterocycles. The fourth-order valence-electron chi connectivity index (χ4n) is 1.14. The number of nitrogens with zero attached hydrogens (tertiary/aromatic N) is 4. The minimum absolute atomic E-state index is 0.142. The third-order valence-corrected chi connectivity index (χ3v) is 2.15. The number of halogens is 1. The molecular formula is C8H9ClN6. The number of nitrogens with two attached hydrogens (primary N) is 2. The first-order valence-electron chi connectivity index (χ1n) is 4.20. The lowest BCUT2D eigenvalue weighted by molar-refractivity contribution is 0.771. The normalized spacial score (nSPS) is 10.5. The number of rotatable bonds is 2. The summed E-state index contributed by atoms with van der Waals surface area (Å²) in [7, 11) is 0. The van der Waals surface area contributed by atoms with Crippen molar-refractivity contribution in [1.82, 2.24) is 19.5 Å². The highest BCUT2D eigenvalue weighted by Gasteiger charge is 2.08. The lowest BCUT2D eigenvalue weighted by Crippen LogP contribution is -2.08. The lowest BCUT2D eigenvalue weighted by Gasteiger charge is -2.06. The molecule has 0 saturated carbocycles. The molecule has 0 unspecified atom stereocenters. The molecular weight excluding hydrogens is 216 g/mol. The summed E-state index contributed by atoms with van der Waals surface area (Å²) in [6, 6.07) is 0. The second kappa shape index (κ2) is 3.74. The van der Waals surface area contributed by atoms with Crippen molar-refractivity contribution < 1.29 is 0 Å². The van der Waals surface area contributed by atoms with Gasteiger partial charge < -0.3 is 16.0 Å². The van der Waals surface area contributed by atoms with Gasteiger partial charge in [0.2, 0.25) is 0 Å². The molecule has 0 atom stereocenters. The quantitative estimate of drug-likeness (QED) is 0.776. The van der Waals surface area contributed by atoms with Crippen molar-refractivity contribution in [3.05, 3.63) is 29.6 Å². The summed E-state index contributed by atoms with van der Waals surface area (Å²) in [5.74, 6) is 0.425. The van der Waals surface area contributed by atoms with E-state index in [0.29, 0.717) is 12.2 Å². The van der Waals surface area contributed by atoms with E-state index in [9.17, 15) is 0 Å². The van der Waals surface area contributed by atoms with Crippen LogP contribution < -0.4 is 11.5 Å². The first kappa shape index (κ1) is 9.72. The van der Waals surface area contributed by atoms with Gasteiger partial charge in [0.1, 0.15) is 11.5 Å². The van der Waals surface area contributed by atoms with Gasteiger partial charge in [-0.05, 0) is 0 Å². The molecule has 2 aromatic rings. The van der Waals surface area contributed by atoms with E-state index < -0.39 is 0 Å². The SMILES string of the molecule is Nc1nc(N)c(Cn2ccnc2)nc1Cl. The first-order chi connectivity index (χ1) is 7.16. The molecule has 0 aliphatic rings. The van der Waals surface area contributed by atoms with E-state index in [1.165, 1.54) is 0 Å². The molecule has 0 fully saturated rings. The van der Waals surface area contributed by atoms with E-state index >= 15 is 0 Å². The Morgan fingerprint density at radius 1 is 1.27 bits per heavy atom. The summed E-state index contributed by atoms with van der Waals surface area (Å²) in [4.78, 5) is 11.8. The van der Waals surface area contributed by atoms with Crippen LogP contribution in [-0.2, 0) is 6.54 Å². The second-order valence-electron chi connectivity index (χ2n) is 2.97. The molecule has 0 aromatic carbocycles. The average molecular weight is 225 g/mol. The molecule has 2 aromatic heterocycles. The number of anilines is 2. The number of nitrogen functional groups attached to an aromatic ring is 2. The highest BCUT2D eigenvalue weighted by molar-refractivity contribution is 6.31. The van der Waals surface area contributed by atoms with E-state index in [4.69, 9.17) is 23.1 Å². The Kier molecular flexibility index (Phi) is 2.42. The van der Waals surface area contributed by atoms with Crippen LogP contribution >= 0.6 is 11.6 Å². The van der Waals surface area contributed by atoms with Crippen LogP contribution in [0.15, 0.2) is 18.7 Å². The molecule has 2 rings (SSSR count). The Bertz CT molecular complexity index is 466. The van der Waals surface area contributed by atoms with E-state index in [-0.39, 0.29) is 16.8 Å². The summed E-state index contributed by atoms with van der Waals surface area (Å²) in [5.41, 5.74) is 11.7. The summed E-state index contributed by atoms with van der Waals surface area (Å²) in [6.07, 6.45) is 5.12. The van der Waals surface area contributed by atoms with Gasteiger partial charge in [-0.25, -0.2) is 15.0 Å². The first-order valence-corrected chi connectivity index (χ1v) is 4.57. The van der Waals surface area contributed by atoms with Gasteiger partial charge in [0.05, 0.1) is 12.9 Å². The number of hydrogen-bond acceptors (Lipinski definition) is 5. The van der Waals surface area contributed by atoms with E-state index in [1.54, 1.807) is 18.7 Å². The van der Waals surface area contributed by atoms with Gasteiger partial charge in [-0.1, -0.05) is 11.6 Å². The maximum Gasteiger partial charge on any atom is 0.171 e. The summed E-state index contributed by atoms with van der Waals surface area (Å²) in [5, 5.41) is 0.166. The molecule has 7 heteroatoms. The maximum absolute atomic E-state index is 5.75. The smallest absolute Gasteiger partial charge is 0.171 e. The zero-order valence-corrected chi connectivity index (χ0v) is 8.52. The van der Waals surface area contributed by atoms with Crippen molar-refractivity contribution in [2.45, 2.75) is 6.54 Å². The standard InChI is InChI=1S/C8H9ClN6/c9-6-8(11)14-7(10)5(13-6)3-15-2-1-12-4-15/h1-2,4H,3H2,(H4,10,11,14). The predicted molar refractivity (Wildman–Crippen MR) is 57.2 cm³/mol. The van der Waals surface area contributed by atoms with Crippen molar-refractivity contribution >= 4 is 23.2 Å². The fraction of sp³-hybridized carbons (Fsp3) is 0.125. The van der Waals surface area contributed by atoms with Gasteiger partial charge in [0, 0.05) is 12.4 Å². The molecule has 0 bridgehead atoms. The molecule has 78 valence electrons. The van der Waals surface area contributed by atoms with Crippen LogP contribution in [0.5, 0.6) is 0 Å². The van der Waals surface area contributed by atoms with Crippen molar-refractivity contribution in [3.63, 3.8) is 0 Å². The third-order valence-electron chi connectivity index (χ3n) is 1.87. The molecule has 0 aliphatic carbocycles. The van der Waals surface area contributed by atoms with Crippen LogP contribution in [0.25, 0.3) is 0 Å². The third kappa shape index (κ3) is 1.99. The highest BCUT2D eigenvalue weighted by atomic mass is 35.5. The molecule has 0 radical (unpaired) electrons. The summed E-state index contributed by atoms with van der Waals surface area (Å²) < 4.78 is 1.81. The van der Waals surface area contributed by atoms with Crippen LogP contribution in [-0.4, -0.2) is 19.5 Å². The number of aromatic nitrogens is 4. The Balaban J connectivity index is 2.33. The summed E-state index contributed by atoms with van der Waals surface area (Å²) in [6.45, 7) is 0.471. The maximum atomic E-state index is 5.75. The van der Waals surface area contributed by atoms with Crippen molar-refractivity contribution in [2.24, 2.45) is 0 Å². The van der Waals surface area contributed by atoms with Crippen molar-refractivity contribution in [1.29, 1.82) is 0 Å². The van der Waals surface area contributed by atoms with Crippen molar-refractivity contribution in [3.8, 4) is 0 Å². The fourth-order valence-corrected chi connectivity index (χ4v) is 1.29. The molecule has 0 saturated heterocycles. The van der Waals surface area contributed by atoms with Crippen LogP contribution in [0.1, 0.15) is 5.69 Å². The van der Waals surface area contributed by atoms with Gasteiger partial charge >= 0.3 is 0 Å². The van der Waals surface area contributed by atoms with E-state index in [1.807, 2.05) is 4.57 Å². The molecule has 2 heterocycles. The monoisotopic (exact) mass is 224 g/mol. The largest absolute Gasteiger partial charge is 0.382 e. The zero-order valence-electron chi connectivity index (χ0n) is 7.76. The minimum atomic E-state index is 0.142. The average Bonchev–Trinajstić information content (AvgIpc) is 2.67. The minimum Gasteiger partial charge on any atom is -0.382 e. The Morgan fingerprint density at radius 2 is 2.07 bits per heavy atom. The van der Waals surface area contributed by atoms with E-state index in [2.05, 4.69) is 15.0 Å². The van der Waals surface area contributed by atoms with Gasteiger partial charge in [0.25, 0.3) is 0 Å². The number of hydrogen-bond donors (Lipinski definition) is 2. The van der Waals surface area contributed by atoms with E-state index in [0.717, 1.165) is 0 Å². The molecule has 4 N–H and O–H groups in total. The molecule has 0 spiro atoms. The molecule has 15 heavy (non-hydrogen) atoms. The topological polar surface area (TPSA) is 95.6 Å². The summed E-state index contributed by atoms with van der Waals surface area (Å²) >= 11 is 5.75. The van der Waals surface area contributed by atoms with Gasteiger partial charge in [-0.3, -0.25) is 0 Å². The lowest BCUT2D eigenvalue weighted by atomic mass is 10.4. The Morgan fingerprint density at radius 3 is 2.73 bits per heavy atom.